The zero-order chi connectivity index (χ0) is 41.0. The Morgan fingerprint density at radius 3 is 1.37 bits per heavy atom. The van der Waals surface area contributed by atoms with Crippen LogP contribution in [0.3, 0.4) is 0 Å². The van der Waals surface area contributed by atoms with Crippen molar-refractivity contribution in [1.29, 1.82) is 0 Å². The Balaban J connectivity index is 0.972. The van der Waals surface area contributed by atoms with Gasteiger partial charge in [0.15, 0.2) is 5.82 Å². The Hall–Kier alpha value is -8.14. The first-order chi connectivity index (χ1) is 30.7. The highest BCUT2D eigenvalue weighted by molar-refractivity contribution is 5.89. The number of ether oxygens (including phenoxy) is 1. The van der Waals surface area contributed by atoms with Gasteiger partial charge in [-0.2, -0.15) is 0 Å². The Morgan fingerprint density at radius 1 is 0.274 bits per heavy atom. The summed E-state index contributed by atoms with van der Waals surface area (Å²) >= 11 is 0. The Labute approximate surface area is 361 Å². The molecule has 0 unspecified atom stereocenters. The lowest BCUT2D eigenvalue weighted by Crippen LogP contribution is -2.32. The molecule has 2 heterocycles. The molecule has 9 aromatic carbocycles. The SMILES string of the molecule is c1ccc(-c2cccc(-c3cc(-c4ccc(-c5ccc6c(c5)C5(c7ccccc7O6)c6ccccc6-c6ccccc65)cc4)nc(-c4cccc(-c5ccccc5)c4)n3)c2)cc1. The van der Waals surface area contributed by atoms with Gasteiger partial charge in [-0.25, -0.2) is 9.97 Å². The first kappa shape index (κ1) is 35.8. The van der Waals surface area contributed by atoms with Gasteiger partial charge in [0.05, 0.1) is 16.8 Å². The molecule has 0 amide bonds. The number of fused-ring (bicyclic) bond motifs is 9. The third-order valence-electron chi connectivity index (χ3n) is 12.6. The summed E-state index contributed by atoms with van der Waals surface area (Å²) < 4.78 is 6.71. The fourth-order valence-corrected chi connectivity index (χ4v) is 9.70. The molecule has 0 fully saturated rings. The molecule has 62 heavy (non-hydrogen) atoms. The summed E-state index contributed by atoms with van der Waals surface area (Å²) in [5, 5.41) is 0. The lowest BCUT2D eigenvalue weighted by molar-refractivity contribution is 0.436. The predicted octanol–water partition coefficient (Wildman–Crippen LogP) is 14.9. The smallest absolute Gasteiger partial charge is 0.160 e. The minimum absolute atomic E-state index is 0.517. The summed E-state index contributed by atoms with van der Waals surface area (Å²) in [6.45, 7) is 0. The van der Waals surface area contributed by atoms with E-state index in [0.29, 0.717) is 5.82 Å². The Bertz CT molecular complexity index is 3170. The van der Waals surface area contributed by atoms with Crippen LogP contribution in [-0.4, -0.2) is 9.97 Å². The van der Waals surface area contributed by atoms with E-state index >= 15 is 0 Å². The molecule has 12 rings (SSSR count). The predicted molar refractivity (Wildman–Crippen MR) is 252 cm³/mol. The maximum Gasteiger partial charge on any atom is 0.160 e. The van der Waals surface area contributed by atoms with Crippen LogP contribution in [0.15, 0.2) is 231 Å². The molecule has 0 radical (unpaired) electrons. The second kappa shape index (κ2) is 14.5. The number of aromatic nitrogens is 2. The van der Waals surface area contributed by atoms with Gasteiger partial charge in [-0.1, -0.05) is 194 Å². The zero-order valence-corrected chi connectivity index (χ0v) is 33.7. The van der Waals surface area contributed by atoms with Crippen molar-refractivity contribution in [2.75, 3.05) is 0 Å². The van der Waals surface area contributed by atoms with Crippen LogP contribution in [-0.2, 0) is 5.41 Å². The van der Waals surface area contributed by atoms with E-state index in [1.54, 1.807) is 0 Å². The van der Waals surface area contributed by atoms with Gasteiger partial charge >= 0.3 is 0 Å². The molecule has 10 aromatic rings. The van der Waals surface area contributed by atoms with E-state index in [1.807, 2.05) is 6.07 Å². The average Bonchev–Trinajstić information content (AvgIpc) is 3.65. The molecular weight excluding hydrogens is 753 g/mol. The lowest BCUT2D eigenvalue weighted by Gasteiger charge is -2.39. The highest BCUT2D eigenvalue weighted by Crippen LogP contribution is 2.62. The van der Waals surface area contributed by atoms with Crippen molar-refractivity contribution in [3.05, 3.63) is 253 Å². The number of benzene rings is 9. The van der Waals surface area contributed by atoms with E-state index < -0.39 is 5.41 Å². The molecule has 2 aliphatic rings. The van der Waals surface area contributed by atoms with Crippen molar-refractivity contribution in [3.8, 4) is 89.9 Å². The molecule has 1 aliphatic heterocycles. The fraction of sp³-hybridized carbons (Fsp3) is 0.0169. The first-order valence-electron chi connectivity index (χ1n) is 21.1. The van der Waals surface area contributed by atoms with Crippen molar-refractivity contribution in [2.45, 2.75) is 5.41 Å². The highest BCUT2D eigenvalue weighted by atomic mass is 16.5. The van der Waals surface area contributed by atoms with Gasteiger partial charge in [0.1, 0.15) is 11.5 Å². The van der Waals surface area contributed by atoms with Crippen LogP contribution in [0.1, 0.15) is 22.3 Å². The van der Waals surface area contributed by atoms with Gasteiger partial charge in [0, 0.05) is 27.8 Å². The van der Waals surface area contributed by atoms with Crippen LogP contribution in [0.25, 0.3) is 78.4 Å². The van der Waals surface area contributed by atoms with E-state index in [1.165, 1.54) is 27.8 Å². The average molecular weight is 791 g/mol. The normalized spacial score (nSPS) is 12.8. The molecule has 290 valence electrons. The van der Waals surface area contributed by atoms with Gasteiger partial charge in [0.2, 0.25) is 0 Å². The molecular formula is C59H38N2O. The number of hydrogen-bond acceptors (Lipinski definition) is 3. The monoisotopic (exact) mass is 790 g/mol. The fourth-order valence-electron chi connectivity index (χ4n) is 9.70. The van der Waals surface area contributed by atoms with Crippen LogP contribution >= 0.6 is 0 Å². The molecule has 0 atom stereocenters. The van der Waals surface area contributed by atoms with Gasteiger partial charge in [-0.15, -0.1) is 0 Å². The van der Waals surface area contributed by atoms with Crippen molar-refractivity contribution in [1.82, 2.24) is 9.97 Å². The van der Waals surface area contributed by atoms with Crippen LogP contribution < -0.4 is 4.74 Å². The van der Waals surface area contributed by atoms with E-state index in [9.17, 15) is 0 Å². The third-order valence-corrected chi connectivity index (χ3v) is 12.6. The molecule has 0 saturated carbocycles. The standard InChI is InChI=1S/C59H38N2O/c1-3-15-39(16-4-1)43-19-13-21-46(35-43)55-38-54(60-58(61-55)47-22-14-20-44(36-47)40-17-5-2-6-18-40)42-31-29-41(30-32-42)45-33-34-57-53(37-45)59(52-27-11-12-28-56(52)62-57)50-25-9-7-23-48(50)49-24-8-10-26-51(49)59/h1-38H. The van der Waals surface area contributed by atoms with Crippen LogP contribution in [0.2, 0.25) is 0 Å². The van der Waals surface area contributed by atoms with Crippen LogP contribution in [0.4, 0.5) is 0 Å². The second-order valence-corrected chi connectivity index (χ2v) is 16.1. The number of nitrogens with zero attached hydrogens (tertiary/aromatic N) is 2. The summed E-state index contributed by atoms with van der Waals surface area (Å²) in [5.74, 6) is 2.46. The van der Waals surface area contributed by atoms with Crippen molar-refractivity contribution in [3.63, 3.8) is 0 Å². The van der Waals surface area contributed by atoms with E-state index in [0.717, 1.165) is 78.5 Å². The van der Waals surface area contributed by atoms with E-state index in [4.69, 9.17) is 14.7 Å². The largest absolute Gasteiger partial charge is 0.457 e. The molecule has 3 heteroatoms. The molecule has 1 aliphatic carbocycles. The number of para-hydroxylation sites is 1. The highest BCUT2D eigenvalue weighted by Gasteiger charge is 2.51. The third kappa shape index (κ3) is 5.82. The van der Waals surface area contributed by atoms with Gasteiger partial charge < -0.3 is 4.74 Å². The number of rotatable bonds is 6. The van der Waals surface area contributed by atoms with Gasteiger partial charge in [-0.3, -0.25) is 0 Å². The lowest BCUT2D eigenvalue weighted by atomic mass is 9.66. The van der Waals surface area contributed by atoms with Crippen molar-refractivity contribution in [2.24, 2.45) is 0 Å². The van der Waals surface area contributed by atoms with Gasteiger partial charge in [0.25, 0.3) is 0 Å². The quantitative estimate of drug-likeness (QED) is 0.168. The molecule has 0 N–H and O–H groups in total. The summed E-state index contributed by atoms with van der Waals surface area (Å²) in [4.78, 5) is 10.5. The van der Waals surface area contributed by atoms with Crippen LogP contribution in [0, 0.1) is 0 Å². The van der Waals surface area contributed by atoms with E-state index in [-0.39, 0.29) is 0 Å². The van der Waals surface area contributed by atoms with Gasteiger partial charge in [-0.05, 0) is 92.0 Å². The molecule has 0 bridgehead atoms. The number of hydrogen-bond donors (Lipinski definition) is 0. The molecule has 1 spiro atoms. The maximum atomic E-state index is 6.71. The molecule has 1 aromatic heterocycles. The minimum atomic E-state index is -0.517. The van der Waals surface area contributed by atoms with Crippen molar-refractivity contribution >= 4 is 0 Å². The second-order valence-electron chi connectivity index (χ2n) is 16.1. The maximum absolute atomic E-state index is 6.71. The zero-order valence-electron chi connectivity index (χ0n) is 33.7. The summed E-state index contributed by atoms with van der Waals surface area (Å²) in [6.07, 6.45) is 0. The Morgan fingerprint density at radius 2 is 0.710 bits per heavy atom. The minimum Gasteiger partial charge on any atom is -0.457 e. The van der Waals surface area contributed by atoms with Crippen LogP contribution in [0.5, 0.6) is 11.5 Å². The van der Waals surface area contributed by atoms with E-state index in [2.05, 4.69) is 224 Å². The topological polar surface area (TPSA) is 35.0 Å². The summed E-state index contributed by atoms with van der Waals surface area (Å²) in [5.41, 5.74) is 18.5. The Kier molecular flexibility index (Phi) is 8.39. The summed E-state index contributed by atoms with van der Waals surface area (Å²) in [7, 11) is 0. The first-order valence-corrected chi connectivity index (χ1v) is 21.1. The van der Waals surface area contributed by atoms with Crippen molar-refractivity contribution < 1.29 is 4.74 Å². The summed E-state index contributed by atoms with van der Waals surface area (Å²) in [6, 6.07) is 82.0. The molecule has 0 saturated heterocycles. The molecule has 3 nitrogen and oxygen atoms in total.